The van der Waals surface area contributed by atoms with Crippen LogP contribution in [0.2, 0.25) is 0 Å². The number of rotatable bonds is 1. The van der Waals surface area contributed by atoms with Crippen molar-refractivity contribution in [2.75, 3.05) is 5.32 Å². The van der Waals surface area contributed by atoms with E-state index < -0.39 is 22.0 Å². The number of carboxylic acid groups (broad SMARTS) is 1. The van der Waals surface area contributed by atoms with Crippen LogP contribution in [0.3, 0.4) is 0 Å². The molecule has 0 bridgehead atoms. The number of urea groups is 1. The molecule has 1 heterocycles. The molecule has 7 nitrogen and oxygen atoms in total. The van der Waals surface area contributed by atoms with Gasteiger partial charge in [-0.25, -0.2) is 22.7 Å². The molecule has 0 spiro atoms. The number of hydrogen-bond acceptors (Lipinski definition) is 4. The lowest BCUT2D eigenvalue weighted by molar-refractivity contribution is 0.0698. The number of carbonyl (C=O) groups excluding carboxylic acids is 1. The second kappa shape index (κ2) is 3.20. The van der Waals surface area contributed by atoms with E-state index in [1.807, 2.05) is 0 Å². The molecule has 84 valence electrons. The number of benzene rings is 1. The third-order valence-electron chi connectivity index (χ3n) is 2.01. The van der Waals surface area contributed by atoms with Crippen LogP contribution in [0.25, 0.3) is 0 Å². The normalized spacial score (nSPS) is 16.9. The fourth-order valence-electron chi connectivity index (χ4n) is 1.38. The summed E-state index contributed by atoms with van der Waals surface area (Å²) >= 11 is 0. The smallest absolute Gasteiger partial charge is 0.337 e. The molecule has 1 aliphatic heterocycles. The Morgan fingerprint density at radius 1 is 1.31 bits per heavy atom. The van der Waals surface area contributed by atoms with Crippen molar-refractivity contribution >= 4 is 27.7 Å². The van der Waals surface area contributed by atoms with E-state index in [1.165, 1.54) is 18.2 Å². The van der Waals surface area contributed by atoms with Crippen molar-refractivity contribution in [1.29, 1.82) is 0 Å². The molecule has 3 N–H and O–H groups in total. The maximum absolute atomic E-state index is 11.5. The molecule has 2 amide bonds. The molecule has 0 radical (unpaired) electrons. The molecule has 2 rings (SSSR count). The molecule has 0 saturated carbocycles. The fourth-order valence-corrected chi connectivity index (χ4v) is 2.47. The van der Waals surface area contributed by atoms with E-state index >= 15 is 0 Å². The number of carbonyl (C=O) groups is 2. The number of aromatic carboxylic acids is 1. The molecule has 0 unspecified atom stereocenters. The summed E-state index contributed by atoms with van der Waals surface area (Å²) in [6, 6.07) is 2.74. The van der Waals surface area contributed by atoms with Crippen molar-refractivity contribution in [2.45, 2.75) is 4.90 Å². The van der Waals surface area contributed by atoms with Crippen LogP contribution in [0.5, 0.6) is 0 Å². The first-order chi connectivity index (χ1) is 7.42. The summed E-state index contributed by atoms with van der Waals surface area (Å²) in [5.74, 6) is -1.31. The zero-order valence-corrected chi connectivity index (χ0v) is 8.54. The molecule has 1 aromatic carbocycles. The minimum absolute atomic E-state index is 0.209. The van der Waals surface area contributed by atoms with Crippen molar-refractivity contribution in [3.63, 3.8) is 0 Å². The van der Waals surface area contributed by atoms with E-state index in [4.69, 9.17) is 5.11 Å². The van der Waals surface area contributed by atoms with E-state index in [2.05, 4.69) is 5.32 Å². The van der Waals surface area contributed by atoms with Crippen LogP contribution in [-0.2, 0) is 10.0 Å². The zero-order chi connectivity index (χ0) is 11.9. The monoisotopic (exact) mass is 242 g/mol. The van der Waals surface area contributed by atoms with Crippen molar-refractivity contribution < 1.29 is 23.1 Å². The van der Waals surface area contributed by atoms with E-state index in [1.54, 1.807) is 4.72 Å². The first-order valence-corrected chi connectivity index (χ1v) is 5.60. The minimum Gasteiger partial charge on any atom is -0.478 e. The number of anilines is 1. The van der Waals surface area contributed by atoms with Crippen LogP contribution in [0.1, 0.15) is 10.4 Å². The summed E-state index contributed by atoms with van der Waals surface area (Å²) in [4.78, 5) is 21.6. The van der Waals surface area contributed by atoms with Gasteiger partial charge in [-0.2, -0.15) is 0 Å². The molecule has 0 atom stereocenters. The quantitative estimate of drug-likeness (QED) is 0.651. The minimum atomic E-state index is -3.97. The first-order valence-electron chi connectivity index (χ1n) is 4.12. The molecule has 0 fully saturated rings. The highest BCUT2D eigenvalue weighted by Crippen LogP contribution is 2.28. The maximum atomic E-state index is 11.5. The van der Waals surface area contributed by atoms with Gasteiger partial charge in [0.15, 0.2) is 0 Å². The third-order valence-corrected chi connectivity index (χ3v) is 3.39. The second-order valence-corrected chi connectivity index (χ2v) is 4.69. The highest BCUT2D eigenvalue weighted by Gasteiger charge is 2.30. The van der Waals surface area contributed by atoms with Gasteiger partial charge in [0.05, 0.1) is 11.3 Å². The van der Waals surface area contributed by atoms with Crippen molar-refractivity contribution in [3.8, 4) is 0 Å². The summed E-state index contributed by atoms with van der Waals surface area (Å²) < 4.78 is 24.7. The number of hydrogen-bond donors (Lipinski definition) is 3. The predicted molar refractivity (Wildman–Crippen MR) is 52.7 cm³/mol. The molecule has 8 heteroatoms. The van der Waals surface area contributed by atoms with Crippen LogP contribution in [0, 0.1) is 0 Å². The van der Waals surface area contributed by atoms with E-state index in [9.17, 15) is 18.0 Å². The van der Waals surface area contributed by atoms with Crippen LogP contribution in [0.4, 0.5) is 10.5 Å². The SMILES string of the molecule is O=C1Nc2c(C(=O)O)cccc2S(=O)(=O)N1. The summed E-state index contributed by atoms with van der Waals surface area (Å²) in [7, 11) is -3.97. The Morgan fingerprint density at radius 3 is 2.62 bits per heavy atom. The largest absolute Gasteiger partial charge is 0.478 e. The second-order valence-electron chi connectivity index (χ2n) is 3.04. The highest BCUT2D eigenvalue weighted by atomic mass is 32.2. The van der Waals surface area contributed by atoms with Crippen molar-refractivity contribution in [1.82, 2.24) is 4.72 Å². The topological polar surface area (TPSA) is 113 Å². The van der Waals surface area contributed by atoms with Gasteiger partial charge in [-0.05, 0) is 12.1 Å². The number of amides is 2. The molecule has 0 aromatic heterocycles. The van der Waals surface area contributed by atoms with Crippen LogP contribution < -0.4 is 10.0 Å². The van der Waals surface area contributed by atoms with Gasteiger partial charge in [0.2, 0.25) is 0 Å². The predicted octanol–water partition coefficient (Wildman–Crippen LogP) is 0.209. The molecule has 0 aliphatic carbocycles. The molecule has 0 saturated heterocycles. The van der Waals surface area contributed by atoms with E-state index in [0.717, 1.165) is 0 Å². The standard InChI is InChI=1S/C8H6N2O5S/c11-7(12)4-2-1-3-5-6(4)9-8(13)10-16(5,14)15/h1-3H,(H,11,12)(H2,9,10,13). The lowest BCUT2D eigenvalue weighted by Crippen LogP contribution is -2.40. The van der Waals surface area contributed by atoms with Gasteiger partial charge in [-0.15, -0.1) is 0 Å². The van der Waals surface area contributed by atoms with E-state index in [0.29, 0.717) is 0 Å². The Labute approximate surface area is 90.1 Å². The van der Waals surface area contributed by atoms with Gasteiger partial charge in [0, 0.05) is 0 Å². The number of para-hydroxylation sites is 1. The van der Waals surface area contributed by atoms with Gasteiger partial charge >= 0.3 is 12.0 Å². The molecular weight excluding hydrogens is 236 g/mol. The number of sulfonamides is 1. The number of fused-ring (bicyclic) bond motifs is 1. The Morgan fingerprint density at radius 2 is 2.00 bits per heavy atom. The lowest BCUT2D eigenvalue weighted by Gasteiger charge is -2.19. The van der Waals surface area contributed by atoms with Gasteiger partial charge < -0.3 is 10.4 Å². The summed E-state index contributed by atoms with van der Waals surface area (Å²) in [6.07, 6.45) is 0. The van der Waals surface area contributed by atoms with Gasteiger partial charge in [0.25, 0.3) is 10.0 Å². The van der Waals surface area contributed by atoms with Crippen LogP contribution >= 0.6 is 0 Å². The lowest BCUT2D eigenvalue weighted by atomic mass is 10.2. The van der Waals surface area contributed by atoms with E-state index in [-0.39, 0.29) is 16.1 Å². The van der Waals surface area contributed by atoms with Crippen molar-refractivity contribution in [2.24, 2.45) is 0 Å². The van der Waals surface area contributed by atoms with Crippen molar-refractivity contribution in [3.05, 3.63) is 23.8 Å². The van der Waals surface area contributed by atoms with Gasteiger partial charge in [-0.1, -0.05) is 6.07 Å². The molecule has 1 aromatic rings. The fraction of sp³-hybridized carbons (Fsp3) is 0. The average Bonchev–Trinajstić information content (AvgIpc) is 2.15. The summed E-state index contributed by atoms with van der Waals surface area (Å²) in [5.41, 5.74) is -0.477. The number of carboxylic acids is 1. The maximum Gasteiger partial charge on any atom is 0.337 e. The van der Waals surface area contributed by atoms with Crippen LogP contribution in [-0.4, -0.2) is 25.5 Å². The first kappa shape index (κ1) is 10.4. The third kappa shape index (κ3) is 1.48. The van der Waals surface area contributed by atoms with Gasteiger partial charge in [-0.3, -0.25) is 0 Å². The van der Waals surface area contributed by atoms with Gasteiger partial charge in [0.1, 0.15) is 4.90 Å². The Hall–Kier alpha value is -2.09. The van der Waals surface area contributed by atoms with Crippen LogP contribution in [0.15, 0.2) is 23.1 Å². The molecular formula is C8H6N2O5S. The summed E-state index contributed by atoms with van der Waals surface area (Å²) in [6.45, 7) is 0. The number of nitrogens with one attached hydrogen (secondary N) is 2. The Bertz CT molecular complexity index is 592. The highest BCUT2D eigenvalue weighted by molar-refractivity contribution is 7.90. The zero-order valence-electron chi connectivity index (χ0n) is 7.72. The Balaban J connectivity index is 2.77. The Kier molecular flexibility index (Phi) is 2.09. The summed E-state index contributed by atoms with van der Waals surface area (Å²) in [5, 5.41) is 11.0. The molecule has 1 aliphatic rings. The molecule has 16 heavy (non-hydrogen) atoms. The average molecular weight is 242 g/mol.